The highest BCUT2D eigenvalue weighted by atomic mass is 32.1. The molecule has 0 bridgehead atoms. The van der Waals surface area contributed by atoms with Crippen molar-refractivity contribution in [2.24, 2.45) is 4.99 Å². The van der Waals surface area contributed by atoms with Gasteiger partial charge in [-0.3, -0.25) is 4.99 Å². The highest BCUT2D eigenvalue weighted by Crippen LogP contribution is 2.39. The fourth-order valence-electron chi connectivity index (χ4n) is 4.95. The van der Waals surface area contributed by atoms with Crippen LogP contribution in [0.1, 0.15) is 58.2 Å². The summed E-state index contributed by atoms with van der Waals surface area (Å²) in [6.45, 7) is 20.8. The highest BCUT2D eigenvalue weighted by molar-refractivity contribution is 7.21. The molecule has 2 nitrogen and oxygen atoms in total. The summed E-state index contributed by atoms with van der Waals surface area (Å²) in [7, 11) is -1.34. The molecule has 0 aliphatic heterocycles. The predicted molar refractivity (Wildman–Crippen MR) is 185 cm³/mol. The quantitative estimate of drug-likeness (QED) is 0.151. The number of rotatable bonds is 5. The number of aromatic nitrogens is 1. The van der Waals surface area contributed by atoms with Gasteiger partial charge >= 0.3 is 0 Å². The molecule has 0 spiro atoms. The topological polar surface area (TPSA) is 25.2 Å². The maximum atomic E-state index is 5.19. The van der Waals surface area contributed by atoms with Gasteiger partial charge in [0, 0.05) is 17.3 Å². The van der Waals surface area contributed by atoms with Crippen molar-refractivity contribution in [1.29, 1.82) is 0 Å². The van der Waals surface area contributed by atoms with Gasteiger partial charge in [-0.05, 0) is 63.4 Å². The van der Waals surface area contributed by atoms with E-state index in [9.17, 15) is 0 Å². The zero-order chi connectivity index (χ0) is 29.6. The molecule has 0 amide bonds. The Morgan fingerprint density at radius 2 is 1.32 bits per heavy atom. The lowest BCUT2D eigenvalue weighted by molar-refractivity contribution is 0.568. The van der Waals surface area contributed by atoms with E-state index >= 15 is 0 Å². The summed E-state index contributed by atoms with van der Waals surface area (Å²) in [5, 5.41) is 2.47. The summed E-state index contributed by atoms with van der Waals surface area (Å²) < 4.78 is 1.19. The second-order valence-corrected chi connectivity index (χ2v) is 20.2. The third kappa shape index (κ3) is 6.44. The van der Waals surface area contributed by atoms with Crippen LogP contribution < -0.4 is 5.19 Å². The molecule has 0 unspecified atom stereocenters. The van der Waals surface area contributed by atoms with Gasteiger partial charge in [0.25, 0.3) is 0 Å². The second-order valence-electron chi connectivity index (χ2n) is 14.1. The molecule has 0 radical (unpaired) electrons. The van der Waals surface area contributed by atoms with Crippen LogP contribution in [0.5, 0.6) is 0 Å². The van der Waals surface area contributed by atoms with E-state index in [1.54, 1.807) is 11.3 Å². The largest absolute Gasteiger partial charge is 0.256 e. The minimum absolute atomic E-state index is 0.0649. The Morgan fingerprint density at radius 1 is 0.707 bits per heavy atom. The van der Waals surface area contributed by atoms with Gasteiger partial charge in [-0.25, -0.2) is 4.98 Å². The molecule has 0 N–H and O–H groups in total. The van der Waals surface area contributed by atoms with Crippen LogP contribution in [0, 0.1) is 0 Å². The number of hydrogen-bond acceptors (Lipinski definition) is 3. The lowest BCUT2D eigenvalue weighted by Gasteiger charge is -2.25. The lowest BCUT2D eigenvalue weighted by Crippen LogP contribution is -2.37. The van der Waals surface area contributed by atoms with Crippen LogP contribution in [0.4, 0.5) is 5.69 Å². The monoisotopic (exact) mass is 574 g/mol. The van der Waals surface area contributed by atoms with E-state index in [4.69, 9.17) is 9.98 Å². The Morgan fingerprint density at radius 3 is 1.93 bits per heavy atom. The molecule has 0 atom stereocenters. The van der Waals surface area contributed by atoms with Gasteiger partial charge in [-0.2, -0.15) is 0 Å². The minimum Gasteiger partial charge on any atom is -0.256 e. The molecule has 0 saturated heterocycles. The first-order valence-corrected chi connectivity index (χ1v) is 18.8. The molecule has 1 aromatic heterocycles. The second kappa shape index (κ2) is 10.8. The number of thiazole rings is 1. The van der Waals surface area contributed by atoms with E-state index in [1.165, 1.54) is 32.1 Å². The molecule has 5 rings (SSSR count). The summed E-state index contributed by atoms with van der Waals surface area (Å²) in [6.07, 6.45) is 2.02. The van der Waals surface area contributed by atoms with Crippen molar-refractivity contribution in [2.45, 2.75) is 72.0 Å². The summed E-state index contributed by atoms with van der Waals surface area (Å²) >= 11 is 1.74. The zero-order valence-electron chi connectivity index (χ0n) is 26.0. The van der Waals surface area contributed by atoms with Crippen molar-refractivity contribution < 1.29 is 0 Å². The van der Waals surface area contributed by atoms with Crippen LogP contribution in [0.15, 0.2) is 89.9 Å². The number of benzene rings is 4. The van der Waals surface area contributed by atoms with Crippen LogP contribution >= 0.6 is 11.3 Å². The minimum atomic E-state index is -1.34. The average molecular weight is 575 g/mol. The van der Waals surface area contributed by atoms with Crippen LogP contribution in [0.2, 0.25) is 19.6 Å². The Hall–Kier alpha value is -3.34. The molecule has 0 fully saturated rings. The standard InChI is InChI=1S/C37H42N2SSi/c1-36(2,3)27-21-25(22-28(23-27)37(4,5)6)24-38-32-15-11-10-13-31(32)35-39-34-30(14-12-16-33(34)40-35)26-17-19-29(20-18-26)41(7,8)9/h10-24H,1-9H3. The molecule has 41 heavy (non-hydrogen) atoms. The van der Waals surface area contributed by atoms with E-state index in [0.29, 0.717) is 0 Å². The van der Waals surface area contributed by atoms with E-state index in [1.807, 2.05) is 6.21 Å². The predicted octanol–water partition coefficient (Wildman–Crippen LogP) is 10.5. The summed E-state index contributed by atoms with van der Waals surface area (Å²) in [5.41, 5.74) is 9.37. The molecule has 0 saturated carbocycles. The van der Waals surface area contributed by atoms with Crippen LogP contribution in [-0.4, -0.2) is 19.3 Å². The lowest BCUT2D eigenvalue weighted by atomic mass is 9.79. The Kier molecular flexibility index (Phi) is 7.69. The van der Waals surface area contributed by atoms with Gasteiger partial charge in [0.15, 0.2) is 0 Å². The highest BCUT2D eigenvalue weighted by Gasteiger charge is 2.21. The smallest absolute Gasteiger partial charge is 0.126 e. The van der Waals surface area contributed by atoms with E-state index in [2.05, 4.69) is 146 Å². The van der Waals surface area contributed by atoms with Gasteiger partial charge in [0.2, 0.25) is 0 Å². The first-order chi connectivity index (χ1) is 19.2. The fourth-order valence-corrected chi connectivity index (χ4v) is 7.14. The normalized spacial score (nSPS) is 12.9. The third-order valence-electron chi connectivity index (χ3n) is 7.66. The average Bonchev–Trinajstić information content (AvgIpc) is 3.35. The third-order valence-corrected chi connectivity index (χ3v) is 10.8. The maximum Gasteiger partial charge on any atom is 0.126 e. The molecular formula is C37H42N2SSi. The van der Waals surface area contributed by atoms with E-state index < -0.39 is 8.07 Å². The molecule has 5 aromatic rings. The van der Waals surface area contributed by atoms with Crippen molar-refractivity contribution in [1.82, 2.24) is 4.98 Å². The van der Waals surface area contributed by atoms with Crippen molar-refractivity contribution in [3.05, 3.63) is 102 Å². The first kappa shape index (κ1) is 29.2. The van der Waals surface area contributed by atoms with Gasteiger partial charge in [-0.15, -0.1) is 11.3 Å². The van der Waals surface area contributed by atoms with Crippen LogP contribution in [0.25, 0.3) is 31.9 Å². The summed E-state index contributed by atoms with van der Waals surface area (Å²) in [5.74, 6) is 0. The van der Waals surface area contributed by atoms with Crippen LogP contribution in [0.3, 0.4) is 0 Å². The Bertz CT molecular complexity index is 1690. The molecule has 4 heteroatoms. The number of aliphatic imine (C=N–C) groups is 1. The number of nitrogens with zero attached hydrogens (tertiary/aromatic N) is 2. The van der Waals surface area contributed by atoms with Crippen LogP contribution in [-0.2, 0) is 10.8 Å². The Balaban J connectivity index is 1.54. The number of para-hydroxylation sites is 2. The zero-order valence-corrected chi connectivity index (χ0v) is 27.8. The summed E-state index contributed by atoms with van der Waals surface area (Å²) in [4.78, 5) is 10.2. The van der Waals surface area contributed by atoms with E-state index in [0.717, 1.165) is 27.3 Å². The molecule has 210 valence electrons. The molecule has 0 aliphatic carbocycles. The van der Waals surface area contributed by atoms with Gasteiger partial charge in [0.05, 0.1) is 24.0 Å². The first-order valence-electron chi connectivity index (χ1n) is 14.5. The molecule has 1 heterocycles. The van der Waals surface area contributed by atoms with Crippen molar-refractivity contribution in [3.8, 4) is 21.7 Å². The molecule has 4 aromatic carbocycles. The fraction of sp³-hybridized carbons (Fsp3) is 0.297. The molecular weight excluding hydrogens is 533 g/mol. The van der Waals surface area contributed by atoms with Crippen molar-refractivity contribution in [3.63, 3.8) is 0 Å². The van der Waals surface area contributed by atoms with Crippen molar-refractivity contribution >= 4 is 46.7 Å². The summed E-state index contributed by atoms with van der Waals surface area (Å²) in [6, 6.07) is 30.9. The van der Waals surface area contributed by atoms with Gasteiger partial charge in [-0.1, -0.05) is 121 Å². The molecule has 0 aliphatic rings. The van der Waals surface area contributed by atoms with E-state index in [-0.39, 0.29) is 10.8 Å². The Labute approximate surface area is 251 Å². The van der Waals surface area contributed by atoms with Crippen molar-refractivity contribution in [2.75, 3.05) is 0 Å². The maximum absolute atomic E-state index is 5.19. The van der Waals surface area contributed by atoms with Gasteiger partial charge < -0.3 is 0 Å². The SMILES string of the molecule is CC(C)(C)c1cc(C=Nc2ccccc2-c2nc3c(-c4ccc([Si](C)(C)C)cc4)cccc3s2)cc(C(C)(C)C)c1. The van der Waals surface area contributed by atoms with Gasteiger partial charge in [0.1, 0.15) is 5.01 Å². The number of hydrogen-bond donors (Lipinski definition) is 0. The number of fused-ring (bicyclic) bond motifs is 1.